The molecular weight excluding hydrogens is 205 g/mol. The molecule has 0 atom stereocenters. The van der Waals surface area contributed by atoms with Gasteiger partial charge in [0.25, 0.3) is 0 Å². The number of nitrogens with two attached hydrogens (primary N) is 2. The predicted molar refractivity (Wildman–Crippen MR) is 59.0 cm³/mol. The van der Waals surface area contributed by atoms with Crippen LogP contribution < -0.4 is 16.8 Å². The molecule has 3 nitrogen and oxygen atoms in total. The lowest BCUT2D eigenvalue weighted by Gasteiger charge is -2.15. The van der Waals surface area contributed by atoms with Crippen molar-refractivity contribution in [2.75, 3.05) is 16.8 Å². The molecule has 0 aliphatic heterocycles. The first-order valence-corrected chi connectivity index (χ1v) is 4.60. The fourth-order valence-electron chi connectivity index (χ4n) is 1.10. The standard InChI is InChI=1S/C9H13ClFN3/c1-4(2)14-9-6(13)3-5(12)7(10)8(9)11/h3-4,14H,12-13H2,1-2H3. The van der Waals surface area contributed by atoms with E-state index >= 15 is 0 Å². The van der Waals surface area contributed by atoms with Crippen molar-refractivity contribution >= 4 is 28.7 Å². The summed E-state index contributed by atoms with van der Waals surface area (Å²) in [7, 11) is 0. The second-order valence-electron chi connectivity index (χ2n) is 3.36. The molecule has 0 unspecified atom stereocenters. The van der Waals surface area contributed by atoms with Crippen molar-refractivity contribution in [2.24, 2.45) is 0 Å². The summed E-state index contributed by atoms with van der Waals surface area (Å²) in [6, 6.07) is 1.52. The Hall–Kier alpha value is -1.16. The molecule has 1 aromatic carbocycles. The van der Waals surface area contributed by atoms with Crippen LogP contribution in [-0.4, -0.2) is 6.04 Å². The number of benzene rings is 1. The highest BCUT2D eigenvalue weighted by atomic mass is 35.5. The van der Waals surface area contributed by atoms with Crippen molar-refractivity contribution in [3.63, 3.8) is 0 Å². The van der Waals surface area contributed by atoms with E-state index in [1.54, 1.807) is 0 Å². The highest BCUT2D eigenvalue weighted by Crippen LogP contribution is 2.33. The van der Waals surface area contributed by atoms with Crippen molar-refractivity contribution in [3.8, 4) is 0 Å². The molecule has 0 heterocycles. The number of hydrogen-bond acceptors (Lipinski definition) is 3. The average Bonchev–Trinajstić information content (AvgIpc) is 2.09. The zero-order valence-electron chi connectivity index (χ0n) is 8.07. The molecular formula is C9H13ClFN3. The number of halogens is 2. The molecule has 0 spiro atoms. The van der Waals surface area contributed by atoms with Crippen LogP contribution in [0, 0.1) is 5.82 Å². The first-order chi connectivity index (χ1) is 6.43. The Morgan fingerprint density at radius 2 is 1.93 bits per heavy atom. The largest absolute Gasteiger partial charge is 0.397 e. The van der Waals surface area contributed by atoms with E-state index in [4.69, 9.17) is 23.1 Å². The summed E-state index contributed by atoms with van der Waals surface area (Å²) in [5.74, 6) is -0.599. The van der Waals surface area contributed by atoms with Gasteiger partial charge in [-0.15, -0.1) is 0 Å². The van der Waals surface area contributed by atoms with Crippen molar-refractivity contribution < 1.29 is 4.39 Å². The van der Waals surface area contributed by atoms with Gasteiger partial charge >= 0.3 is 0 Å². The fraction of sp³-hybridized carbons (Fsp3) is 0.333. The van der Waals surface area contributed by atoms with E-state index in [-0.39, 0.29) is 28.1 Å². The summed E-state index contributed by atoms with van der Waals surface area (Å²) in [4.78, 5) is 0. The molecule has 0 saturated heterocycles. The molecule has 0 radical (unpaired) electrons. The Morgan fingerprint density at radius 3 is 2.43 bits per heavy atom. The van der Waals surface area contributed by atoms with E-state index in [9.17, 15) is 4.39 Å². The van der Waals surface area contributed by atoms with Gasteiger partial charge in [0.1, 0.15) is 5.02 Å². The highest BCUT2D eigenvalue weighted by molar-refractivity contribution is 6.33. The fourth-order valence-corrected chi connectivity index (χ4v) is 1.25. The van der Waals surface area contributed by atoms with Gasteiger partial charge in [0, 0.05) is 6.04 Å². The molecule has 0 saturated carbocycles. The molecule has 5 N–H and O–H groups in total. The number of nitrogen functional groups attached to an aromatic ring is 2. The Morgan fingerprint density at radius 1 is 1.36 bits per heavy atom. The third-order valence-electron chi connectivity index (χ3n) is 1.70. The lowest BCUT2D eigenvalue weighted by molar-refractivity contribution is 0.629. The van der Waals surface area contributed by atoms with E-state index in [1.807, 2.05) is 13.8 Å². The van der Waals surface area contributed by atoms with Crippen LogP contribution in [0.4, 0.5) is 21.5 Å². The third kappa shape index (κ3) is 2.01. The molecule has 0 aromatic heterocycles. The molecule has 1 aromatic rings. The Balaban J connectivity index is 3.22. The van der Waals surface area contributed by atoms with Crippen molar-refractivity contribution in [1.29, 1.82) is 0 Å². The SMILES string of the molecule is CC(C)Nc1c(N)cc(N)c(Cl)c1F. The number of nitrogens with one attached hydrogen (secondary N) is 1. The van der Waals surface area contributed by atoms with E-state index < -0.39 is 5.82 Å². The van der Waals surface area contributed by atoms with Gasteiger partial charge in [-0.1, -0.05) is 11.6 Å². The Labute approximate surface area is 87.2 Å². The van der Waals surface area contributed by atoms with Gasteiger partial charge in [0.15, 0.2) is 5.82 Å². The van der Waals surface area contributed by atoms with Gasteiger partial charge < -0.3 is 16.8 Å². The molecule has 0 aliphatic rings. The highest BCUT2D eigenvalue weighted by Gasteiger charge is 2.14. The second kappa shape index (κ2) is 3.92. The summed E-state index contributed by atoms with van der Waals surface area (Å²) >= 11 is 5.64. The first-order valence-electron chi connectivity index (χ1n) is 4.23. The van der Waals surface area contributed by atoms with Crippen LogP contribution in [0.15, 0.2) is 6.07 Å². The third-order valence-corrected chi connectivity index (χ3v) is 2.08. The van der Waals surface area contributed by atoms with Gasteiger partial charge in [0.2, 0.25) is 0 Å². The van der Waals surface area contributed by atoms with Crippen LogP contribution in [0.25, 0.3) is 0 Å². The van der Waals surface area contributed by atoms with Crippen molar-refractivity contribution in [2.45, 2.75) is 19.9 Å². The van der Waals surface area contributed by atoms with Gasteiger partial charge in [-0.05, 0) is 19.9 Å². The van der Waals surface area contributed by atoms with Gasteiger partial charge in [-0.25, -0.2) is 4.39 Å². The lowest BCUT2D eigenvalue weighted by Crippen LogP contribution is -2.13. The summed E-state index contributed by atoms with van der Waals surface area (Å²) in [5, 5.41) is 2.77. The predicted octanol–water partition coefficient (Wildman–Crippen LogP) is 2.46. The molecule has 78 valence electrons. The van der Waals surface area contributed by atoms with Crippen molar-refractivity contribution in [1.82, 2.24) is 0 Å². The van der Waals surface area contributed by atoms with Crippen LogP contribution in [0.2, 0.25) is 5.02 Å². The Bertz CT molecular complexity index is 352. The van der Waals surface area contributed by atoms with Crippen LogP contribution in [0.3, 0.4) is 0 Å². The summed E-state index contributed by atoms with van der Waals surface area (Å²) < 4.78 is 13.5. The molecule has 1 rings (SSSR count). The lowest BCUT2D eigenvalue weighted by atomic mass is 10.2. The molecule has 0 aliphatic carbocycles. The topological polar surface area (TPSA) is 64.1 Å². The maximum Gasteiger partial charge on any atom is 0.169 e. The number of rotatable bonds is 2. The molecule has 14 heavy (non-hydrogen) atoms. The van der Waals surface area contributed by atoms with Gasteiger partial charge in [-0.2, -0.15) is 0 Å². The molecule has 0 bridgehead atoms. The van der Waals surface area contributed by atoms with E-state index in [2.05, 4.69) is 5.32 Å². The van der Waals surface area contributed by atoms with Gasteiger partial charge in [0.05, 0.1) is 17.1 Å². The average molecular weight is 218 g/mol. The van der Waals surface area contributed by atoms with Crippen molar-refractivity contribution in [3.05, 3.63) is 16.9 Å². The molecule has 5 heteroatoms. The first kappa shape index (κ1) is 10.9. The molecule has 0 fully saturated rings. The smallest absolute Gasteiger partial charge is 0.169 e. The summed E-state index contributed by atoms with van der Waals surface area (Å²) in [6.45, 7) is 3.76. The van der Waals surface area contributed by atoms with E-state index in [0.29, 0.717) is 0 Å². The van der Waals surface area contributed by atoms with Crippen LogP contribution in [0.5, 0.6) is 0 Å². The van der Waals surface area contributed by atoms with Crippen LogP contribution >= 0.6 is 11.6 Å². The maximum atomic E-state index is 13.5. The van der Waals surface area contributed by atoms with Gasteiger partial charge in [-0.3, -0.25) is 0 Å². The molecule has 0 amide bonds. The van der Waals surface area contributed by atoms with Crippen LogP contribution in [0.1, 0.15) is 13.8 Å². The van der Waals surface area contributed by atoms with E-state index in [0.717, 1.165) is 0 Å². The minimum absolute atomic E-state index is 0.0755. The monoisotopic (exact) mass is 217 g/mol. The normalized spacial score (nSPS) is 10.6. The number of hydrogen-bond donors (Lipinski definition) is 3. The second-order valence-corrected chi connectivity index (χ2v) is 3.73. The van der Waals surface area contributed by atoms with E-state index in [1.165, 1.54) is 6.07 Å². The minimum Gasteiger partial charge on any atom is -0.397 e. The zero-order chi connectivity index (χ0) is 10.9. The summed E-state index contributed by atoms with van der Waals surface area (Å²) in [5.41, 5.74) is 11.7. The summed E-state index contributed by atoms with van der Waals surface area (Å²) in [6.07, 6.45) is 0. The zero-order valence-corrected chi connectivity index (χ0v) is 8.82. The van der Waals surface area contributed by atoms with Crippen LogP contribution in [-0.2, 0) is 0 Å². The Kier molecular flexibility index (Phi) is 3.06. The number of anilines is 3. The minimum atomic E-state index is -0.599. The maximum absolute atomic E-state index is 13.5. The quantitative estimate of drug-likeness (QED) is 0.667.